The zero-order valence-electron chi connectivity index (χ0n) is 23.2. The maximum Gasteiger partial charge on any atom is 0.227 e. The predicted molar refractivity (Wildman–Crippen MR) is 156 cm³/mol. The fourth-order valence-corrected chi connectivity index (χ4v) is 5.29. The monoisotopic (exact) mass is 585 g/mol. The molecule has 0 radical (unpaired) electrons. The number of hydrogen-bond acceptors (Lipinski definition) is 7. The smallest absolute Gasteiger partial charge is 0.227 e. The van der Waals surface area contributed by atoms with Gasteiger partial charge in [0.1, 0.15) is 5.82 Å². The zero-order valence-corrected chi connectivity index (χ0v) is 24.8. The SMILES string of the molecule is COCCn1cc(-c2ccc(Nc3ncc(C)c(Cc4ccc(Cl)c(CS(=O)(=O)C(C)(C)C)c4)n3)cc2F)cn1. The number of rotatable bonds is 10. The van der Waals surface area contributed by atoms with Crippen LogP contribution in [0.2, 0.25) is 5.02 Å². The van der Waals surface area contributed by atoms with Gasteiger partial charge in [-0.1, -0.05) is 23.7 Å². The molecule has 1 N–H and O–H groups in total. The van der Waals surface area contributed by atoms with Crippen LogP contribution in [0, 0.1) is 12.7 Å². The minimum atomic E-state index is -3.40. The lowest BCUT2D eigenvalue weighted by Gasteiger charge is -2.20. The molecule has 2 aromatic heterocycles. The second-order valence-corrected chi connectivity index (χ2v) is 13.8. The van der Waals surface area contributed by atoms with Crippen molar-refractivity contribution in [3.05, 3.63) is 88.2 Å². The molecular formula is C29H33ClFN5O3S. The number of anilines is 2. The number of nitrogens with zero attached hydrogens (tertiary/aromatic N) is 4. The van der Waals surface area contributed by atoms with Crippen molar-refractivity contribution in [3.63, 3.8) is 0 Å². The van der Waals surface area contributed by atoms with Gasteiger partial charge in [-0.3, -0.25) is 4.68 Å². The number of nitrogens with one attached hydrogen (secondary N) is 1. The van der Waals surface area contributed by atoms with Crippen LogP contribution in [-0.4, -0.2) is 46.6 Å². The molecule has 0 spiro atoms. The Morgan fingerprint density at radius 3 is 2.60 bits per heavy atom. The number of methoxy groups -OCH3 is 1. The lowest BCUT2D eigenvalue weighted by atomic mass is 10.0. The summed E-state index contributed by atoms with van der Waals surface area (Å²) in [7, 11) is -1.78. The van der Waals surface area contributed by atoms with Gasteiger partial charge >= 0.3 is 0 Å². The third kappa shape index (κ3) is 7.04. The second-order valence-electron chi connectivity index (χ2n) is 10.6. The Balaban J connectivity index is 1.51. The van der Waals surface area contributed by atoms with Gasteiger partial charge in [-0.25, -0.2) is 22.8 Å². The summed E-state index contributed by atoms with van der Waals surface area (Å²) in [6.07, 6.45) is 5.55. The van der Waals surface area contributed by atoms with Gasteiger partial charge < -0.3 is 10.1 Å². The van der Waals surface area contributed by atoms with E-state index >= 15 is 0 Å². The van der Waals surface area contributed by atoms with Gasteiger partial charge in [0.25, 0.3) is 0 Å². The maximum atomic E-state index is 15.0. The Kier molecular flexibility index (Phi) is 8.92. The van der Waals surface area contributed by atoms with E-state index in [9.17, 15) is 12.8 Å². The fraction of sp³-hybridized carbons (Fsp3) is 0.345. The normalized spacial score (nSPS) is 12.1. The van der Waals surface area contributed by atoms with Crippen molar-refractivity contribution < 1.29 is 17.5 Å². The van der Waals surface area contributed by atoms with E-state index in [1.165, 1.54) is 6.07 Å². The number of ether oxygens (including phenoxy) is 1. The molecule has 0 bridgehead atoms. The molecule has 0 aliphatic rings. The lowest BCUT2D eigenvalue weighted by molar-refractivity contribution is 0.183. The highest BCUT2D eigenvalue weighted by Crippen LogP contribution is 2.28. The molecule has 0 fully saturated rings. The standard InChI is InChI=1S/C29H33ClFN5O3S/c1-19-15-32-28(34-23-7-8-24(26(31)14-23)22-16-33-36(17-22)10-11-39-5)35-27(19)13-20-6-9-25(30)21(12-20)18-40(37,38)29(2,3)4/h6-9,12,14-17H,10-11,13,18H2,1-5H3,(H,32,34,35). The topological polar surface area (TPSA) is 99.0 Å². The van der Waals surface area contributed by atoms with Gasteiger partial charge in [0.05, 0.1) is 35.5 Å². The van der Waals surface area contributed by atoms with E-state index in [0.29, 0.717) is 52.9 Å². The van der Waals surface area contributed by atoms with Gasteiger partial charge in [-0.05, 0) is 68.7 Å². The van der Waals surface area contributed by atoms with E-state index in [0.717, 1.165) is 16.8 Å². The van der Waals surface area contributed by atoms with E-state index < -0.39 is 20.4 Å². The highest BCUT2D eigenvalue weighted by atomic mass is 35.5. The molecule has 212 valence electrons. The Hall–Kier alpha value is -3.34. The predicted octanol–water partition coefficient (Wildman–Crippen LogP) is 6.14. The van der Waals surface area contributed by atoms with Crippen molar-refractivity contribution in [1.82, 2.24) is 19.7 Å². The molecule has 0 aliphatic heterocycles. The first kappa shape index (κ1) is 29.6. The quantitative estimate of drug-likeness (QED) is 0.239. The van der Waals surface area contributed by atoms with Crippen LogP contribution >= 0.6 is 11.6 Å². The van der Waals surface area contributed by atoms with E-state index in [1.54, 1.807) is 69.4 Å². The molecule has 4 aromatic rings. The van der Waals surface area contributed by atoms with Crippen LogP contribution in [0.25, 0.3) is 11.1 Å². The molecule has 0 amide bonds. The van der Waals surface area contributed by atoms with Crippen LogP contribution < -0.4 is 5.32 Å². The lowest BCUT2D eigenvalue weighted by Crippen LogP contribution is -2.29. The second kappa shape index (κ2) is 12.0. The third-order valence-electron chi connectivity index (χ3n) is 6.53. The number of aryl methyl sites for hydroxylation is 1. The van der Waals surface area contributed by atoms with Crippen LogP contribution in [0.5, 0.6) is 0 Å². The fourth-order valence-electron chi connectivity index (χ4n) is 3.95. The van der Waals surface area contributed by atoms with Crippen molar-refractivity contribution >= 4 is 33.1 Å². The van der Waals surface area contributed by atoms with Crippen LogP contribution in [0.4, 0.5) is 16.0 Å². The maximum absolute atomic E-state index is 15.0. The Morgan fingerprint density at radius 1 is 1.12 bits per heavy atom. The molecule has 0 saturated heterocycles. The molecule has 11 heteroatoms. The Labute approximate surface area is 239 Å². The first-order chi connectivity index (χ1) is 18.9. The summed E-state index contributed by atoms with van der Waals surface area (Å²) in [6, 6.07) is 10.2. The Bertz CT molecular complexity index is 1620. The third-order valence-corrected chi connectivity index (χ3v) is 9.46. The van der Waals surface area contributed by atoms with Crippen LogP contribution in [0.1, 0.15) is 43.2 Å². The summed E-state index contributed by atoms with van der Waals surface area (Å²) in [5.74, 6) is -0.221. The number of sulfone groups is 1. The van der Waals surface area contributed by atoms with Gasteiger partial charge in [0, 0.05) is 47.8 Å². The summed E-state index contributed by atoms with van der Waals surface area (Å²) in [5, 5.41) is 7.74. The molecule has 40 heavy (non-hydrogen) atoms. The van der Waals surface area contributed by atoms with Crippen molar-refractivity contribution in [1.29, 1.82) is 0 Å². The average Bonchev–Trinajstić information content (AvgIpc) is 3.34. The largest absolute Gasteiger partial charge is 0.383 e. The first-order valence-corrected chi connectivity index (χ1v) is 14.8. The zero-order chi connectivity index (χ0) is 29.1. The molecule has 0 saturated carbocycles. The van der Waals surface area contributed by atoms with Crippen LogP contribution in [-0.2, 0) is 33.3 Å². The summed E-state index contributed by atoms with van der Waals surface area (Å²) in [5.41, 5.74) is 4.67. The average molecular weight is 586 g/mol. The molecule has 0 unspecified atom stereocenters. The molecule has 2 heterocycles. The van der Waals surface area contributed by atoms with E-state index in [1.807, 2.05) is 19.1 Å². The molecule has 4 rings (SSSR count). The minimum Gasteiger partial charge on any atom is -0.383 e. The molecule has 8 nitrogen and oxygen atoms in total. The minimum absolute atomic E-state index is 0.145. The molecule has 2 aromatic carbocycles. The molecule has 0 aliphatic carbocycles. The molecule has 0 atom stereocenters. The highest BCUT2D eigenvalue weighted by Gasteiger charge is 2.29. The van der Waals surface area contributed by atoms with Crippen LogP contribution in [0.15, 0.2) is 55.0 Å². The van der Waals surface area contributed by atoms with Crippen LogP contribution in [0.3, 0.4) is 0 Å². The summed E-state index contributed by atoms with van der Waals surface area (Å²) in [4.78, 5) is 9.00. The number of hydrogen-bond donors (Lipinski definition) is 1. The summed E-state index contributed by atoms with van der Waals surface area (Å²) < 4.78 is 46.4. The van der Waals surface area contributed by atoms with E-state index in [-0.39, 0.29) is 5.75 Å². The van der Waals surface area contributed by atoms with Gasteiger partial charge in [-0.2, -0.15) is 5.10 Å². The van der Waals surface area contributed by atoms with E-state index in [4.69, 9.17) is 16.3 Å². The summed E-state index contributed by atoms with van der Waals surface area (Å²) in [6.45, 7) is 8.03. The number of benzene rings is 2. The molecular weight excluding hydrogens is 553 g/mol. The van der Waals surface area contributed by atoms with E-state index in [2.05, 4.69) is 20.4 Å². The highest BCUT2D eigenvalue weighted by molar-refractivity contribution is 7.91. The van der Waals surface area contributed by atoms with Crippen molar-refractivity contribution in [3.8, 4) is 11.1 Å². The van der Waals surface area contributed by atoms with Gasteiger partial charge in [0.2, 0.25) is 5.95 Å². The van der Waals surface area contributed by atoms with Gasteiger partial charge in [-0.15, -0.1) is 0 Å². The summed E-state index contributed by atoms with van der Waals surface area (Å²) >= 11 is 6.35. The van der Waals surface area contributed by atoms with Crippen molar-refractivity contribution in [2.45, 2.75) is 51.2 Å². The Morgan fingerprint density at radius 2 is 1.90 bits per heavy atom. The number of aromatic nitrogens is 4. The van der Waals surface area contributed by atoms with Crippen molar-refractivity contribution in [2.75, 3.05) is 19.0 Å². The van der Waals surface area contributed by atoms with Gasteiger partial charge in [0.15, 0.2) is 9.84 Å². The first-order valence-electron chi connectivity index (χ1n) is 12.8. The van der Waals surface area contributed by atoms with Crippen molar-refractivity contribution in [2.24, 2.45) is 0 Å². The number of halogens is 2.